The van der Waals surface area contributed by atoms with E-state index in [-0.39, 0.29) is 31.6 Å². The molecule has 0 atom stereocenters. The third-order valence-electron chi connectivity index (χ3n) is 4.58. The van der Waals surface area contributed by atoms with Crippen molar-refractivity contribution in [3.8, 4) is 17.2 Å². The lowest BCUT2D eigenvalue weighted by Gasteiger charge is -2.14. The first-order chi connectivity index (χ1) is 15.0. The molecule has 0 aromatic heterocycles. The van der Waals surface area contributed by atoms with Crippen LogP contribution in [0.1, 0.15) is 18.9 Å². The normalized spacial score (nSPS) is 16.2. The number of hydrogen-bond donors (Lipinski definition) is 1. The van der Waals surface area contributed by atoms with Gasteiger partial charge in [-0.15, -0.1) is 0 Å². The largest absolute Gasteiger partial charge is 0.494 e. The van der Waals surface area contributed by atoms with Crippen molar-refractivity contribution in [2.45, 2.75) is 13.3 Å². The molecule has 1 N–H and O–H groups in total. The number of nitrogens with zero attached hydrogens (tertiary/aromatic N) is 1. The van der Waals surface area contributed by atoms with Crippen LogP contribution in [-0.2, 0) is 9.59 Å². The van der Waals surface area contributed by atoms with Gasteiger partial charge in [-0.25, -0.2) is 0 Å². The van der Waals surface area contributed by atoms with Crippen LogP contribution in [0.25, 0.3) is 6.08 Å². The number of ether oxygens (including phenoxy) is 3. The van der Waals surface area contributed by atoms with Crippen LogP contribution >= 0.6 is 24.0 Å². The molecular weight excluding hydrogens is 436 g/mol. The van der Waals surface area contributed by atoms with E-state index in [9.17, 15) is 9.59 Å². The molecule has 2 heterocycles. The molecule has 7 nitrogen and oxygen atoms in total. The molecule has 1 fully saturated rings. The summed E-state index contributed by atoms with van der Waals surface area (Å²) < 4.78 is 16.5. The molecule has 2 aromatic rings. The van der Waals surface area contributed by atoms with Crippen molar-refractivity contribution in [2.75, 3.05) is 25.3 Å². The summed E-state index contributed by atoms with van der Waals surface area (Å²) in [7, 11) is 0. The van der Waals surface area contributed by atoms with Crippen LogP contribution in [0.3, 0.4) is 0 Å². The highest BCUT2D eigenvalue weighted by Gasteiger charge is 2.32. The lowest BCUT2D eigenvalue weighted by molar-refractivity contribution is -0.122. The minimum absolute atomic E-state index is 0.136. The molecular formula is C22H20N2O5S2. The second-order valence-electron chi connectivity index (χ2n) is 6.70. The summed E-state index contributed by atoms with van der Waals surface area (Å²) in [6.07, 6.45) is 1.90. The third kappa shape index (κ3) is 5.00. The van der Waals surface area contributed by atoms with Crippen molar-refractivity contribution in [2.24, 2.45) is 0 Å². The van der Waals surface area contributed by atoms with Gasteiger partial charge < -0.3 is 19.5 Å². The maximum absolute atomic E-state index is 12.8. The van der Waals surface area contributed by atoms with Gasteiger partial charge in [0, 0.05) is 18.7 Å². The first kappa shape index (κ1) is 21.2. The third-order valence-corrected chi connectivity index (χ3v) is 5.96. The van der Waals surface area contributed by atoms with Crippen LogP contribution < -0.4 is 19.5 Å². The molecule has 0 saturated carbocycles. The van der Waals surface area contributed by atoms with Gasteiger partial charge in [0.1, 0.15) is 10.1 Å². The number of anilines is 1. The van der Waals surface area contributed by atoms with E-state index in [4.69, 9.17) is 26.4 Å². The Bertz CT molecular complexity index is 1050. The summed E-state index contributed by atoms with van der Waals surface area (Å²) >= 11 is 6.57. The summed E-state index contributed by atoms with van der Waals surface area (Å²) in [6, 6.07) is 12.6. The predicted octanol–water partition coefficient (Wildman–Crippen LogP) is 4.04. The van der Waals surface area contributed by atoms with Crippen molar-refractivity contribution < 1.29 is 23.8 Å². The second kappa shape index (κ2) is 9.40. The Balaban J connectivity index is 1.34. The highest BCUT2D eigenvalue weighted by molar-refractivity contribution is 8.26. The maximum Gasteiger partial charge on any atom is 0.266 e. The van der Waals surface area contributed by atoms with Gasteiger partial charge in [0.25, 0.3) is 5.91 Å². The van der Waals surface area contributed by atoms with Gasteiger partial charge in [0.2, 0.25) is 12.7 Å². The number of nitrogens with one attached hydrogen (secondary N) is 1. The van der Waals surface area contributed by atoms with Crippen LogP contribution in [0.2, 0.25) is 0 Å². The molecule has 9 heteroatoms. The molecule has 2 amide bonds. The summed E-state index contributed by atoms with van der Waals surface area (Å²) in [5.74, 6) is 1.67. The van der Waals surface area contributed by atoms with Crippen molar-refractivity contribution in [1.29, 1.82) is 0 Å². The molecule has 0 unspecified atom stereocenters. The summed E-state index contributed by atoms with van der Waals surface area (Å²) in [6.45, 7) is 2.90. The number of carbonyl (C=O) groups is 2. The zero-order valence-electron chi connectivity index (χ0n) is 16.8. The average molecular weight is 457 g/mol. The van der Waals surface area contributed by atoms with E-state index in [1.807, 2.05) is 19.1 Å². The number of thioether (sulfide) groups is 1. The Kier molecular flexibility index (Phi) is 6.43. The molecule has 0 bridgehead atoms. The van der Waals surface area contributed by atoms with E-state index in [1.165, 1.54) is 16.7 Å². The molecule has 2 aliphatic rings. The molecule has 0 aliphatic carbocycles. The fraction of sp³-hybridized carbons (Fsp3) is 0.227. The summed E-state index contributed by atoms with van der Waals surface area (Å²) in [4.78, 5) is 27.0. The molecule has 0 radical (unpaired) electrons. The fourth-order valence-electron chi connectivity index (χ4n) is 3.09. The van der Waals surface area contributed by atoms with E-state index < -0.39 is 0 Å². The topological polar surface area (TPSA) is 77.1 Å². The maximum atomic E-state index is 12.8. The van der Waals surface area contributed by atoms with Crippen molar-refractivity contribution in [1.82, 2.24) is 4.90 Å². The van der Waals surface area contributed by atoms with Gasteiger partial charge in [-0.1, -0.05) is 30.0 Å². The Labute approximate surface area is 189 Å². The quantitative estimate of drug-likeness (QED) is 0.498. The zero-order chi connectivity index (χ0) is 21.8. The first-order valence-electron chi connectivity index (χ1n) is 9.71. The van der Waals surface area contributed by atoms with Crippen LogP contribution in [0, 0.1) is 0 Å². The van der Waals surface area contributed by atoms with Crippen molar-refractivity contribution in [3.63, 3.8) is 0 Å². The Morgan fingerprint density at radius 3 is 2.77 bits per heavy atom. The van der Waals surface area contributed by atoms with E-state index in [0.717, 1.165) is 11.3 Å². The van der Waals surface area contributed by atoms with Crippen molar-refractivity contribution in [3.05, 3.63) is 52.9 Å². The lowest BCUT2D eigenvalue weighted by atomic mass is 10.2. The van der Waals surface area contributed by atoms with Crippen LogP contribution in [0.4, 0.5) is 5.69 Å². The Hall–Kier alpha value is -3.04. The molecule has 1 saturated heterocycles. The zero-order valence-corrected chi connectivity index (χ0v) is 18.4. The van der Waals surface area contributed by atoms with E-state index in [2.05, 4.69) is 5.32 Å². The molecule has 2 aliphatic heterocycles. The minimum atomic E-state index is -0.207. The highest BCUT2D eigenvalue weighted by atomic mass is 32.2. The SMILES string of the molecule is CCOc1ccc(NC(=O)CCN2C(=O)/C(=C/c3ccc4c(c3)OCO4)SC2=S)cc1. The number of hydrogen-bond acceptors (Lipinski definition) is 7. The predicted molar refractivity (Wildman–Crippen MR) is 123 cm³/mol. The van der Waals surface area contributed by atoms with Crippen LogP contribution in [0.15, 0.2) is 47.4 Å². The lowest BCUT2D eigenvalue weighted by Crippen LogP contribution is -2.31. The smallest absolute Gasteiger partial charge is 0.266 e. The summed E-state index contributed by atoms with van der Waals surface area (Å²) in [5.41, 5.74) is 1.49. The van der Waals surface area contributed by atoms with Crippen LogP contribution in [-0.4, -0.2) is 41.0 Å². The Morgan fingerprint density at radius 1 is 1.23 bits per heavy atom. The average Bonchev–Trinajstić information content (AvgIpc) is 3.32. The molecule has 31 heavy (non-hydrogen) atoms. The van der Waals surface area contributed by atoms with E-state index >= 15 is 0 Å². The second-order valence-corrected chi connectivity index (χ2v) is 8.38. The van der Waals surface area contributed by atoms with Gasteiger partial charge >= 0.3 is 0 Å². The summed E-state index contributed by atoms with van der Waals surface area (Å²) in [5, 5.41) is 2.82. The number of thiocarbonyl (C=S) groups is 1. The minimum Gasteiger partial charge on any atom is -0.494 e. The number of fused-ring (bicyclic) bond motifs is 1. The van der Waals surface area contributed by atoms with Gasteiger partial charge in [-0.2, -0.15) is 0 Å². The van der Waals surface area contributed by atoms with E-state index in [0.29, 0.717) is 33.0 Å². The standard InChI is InChI=1S/C22H20N2O5S2/c1-2-27-16-6-4-15(5-7-16)23-20(25)9-10-24-21(26)19(31-22(24)30)12-14-3-8-17-18(11-14)29-13-28-17/h3-8,11-12H,2,9-10,13H2,1H3,(H,23,25)/b19-12-. The van der Waals surface area contributed by atoms with Gasteiger partial charge in [-0.3, -0.25) is 14.5 Å². The molecule has 0 spiro atoms. The Morgan fingerprint density at radius 2 is 2.00 bits per heavy atom. The number of rotatable bonds is 7. The van der Waals surface area contributed by atoms with E-state index in [1.54, 1.807) is 36.4 Å². The van der Waals surface area contributed by atoms with Crippen LogP contribution in [0.5, 0.6) is 17.2 Å². The number of benzene rings is 2. The van der Waals surface area contributed by atoms with Gasteiger partial charge in [-0.05, 0) is 55.0 Å². The highest BCUT2D eigenvalue weighted by Crippen LogP contribution is 2.36. The molecule has 4 rings (SSSR count). The number of carbonyl (C=O) groups excluding carboxylic acids is 2. The monoisotopic (exact) mass is 456 g/mol. The van der Waals surface area contributed by atoms with Gasteiger partial charge in [0.05, 0.1) is 11.5 Å². The molecule has 2 aromatic carbocycles. The first-order valence-corrected chi connectivity index (χ1v) is 10.9. The van der Waals surface area contributed by atoms with Crippen molar-refractivity contribution >= 4 is 51.9 Å². The fourth-order valence-corrected chi connectivity index (χ4v) is 4.39. The van der Waals surface area contributed by atoms with Gasteiger partial charge in [0.15, 0.2) is 11.5 Å². The molecule has 160 valence electrons. The number of amides is 2.